The van der Waals surface area contributed by atoms with Gasteiger partial charge in [-0.25, -0.2) is 0 Å². The molecule has 154 valence electrons. The molecule has 0 spiro atoms. The molecule has 3 atom stereocenters. The van der Waals surface area contributed by atoms with Gasteiger partial charge < -0.3 is 19.3 Å². The summed E-state index contributed by atoms with van der Waals surface area (Å²) in [6, 6.07) is 13.7. The summed E-state index contributed by atoms with van der Waals surface area (Å²) in [6.07, 6.45) is 4.15. The van der Waals surface area contributed by atoms with E-state index in [1.54, 1.807) is 48.5 Å². The zero-order valence-electron chi connectivity index (χ0n) is 16.2. The second-order valence-corrected chi connectivity index (χ2v) is 7.15. The van der Waals surface area contributed by atoms with Gasteiger partial charge in [-0.15, -0.1) is 0 Å². The number of rotatable bonds is 10. The predicted molar refractivity (Wildman–Crippen MR) is 108 cm³/mol. The number of carbonyl (C=O) groups is 2. The van der Waals surface area contributed by atoms with Crippen molar-refractivity contribution in [2.45, 2.75) is 44.0 Å². The van der Waals surface area contributed by atoms with Gasteiger partial charge in [0.15, 0.2) is 6.10 Å². The first-order valence-electron chi connectivity index (χ1n) is 9.87. The van der Waals surface area contributed by atoms with E-state index in [0.29, 0.717) is 22.6 Å². The molecule has 3 rings (SSSR count). The highest BCUT2D eigenvalue weighted by molar-refractivity contribution is 5.75. The normalized spacial score (nSPS) is 19.9. The number of aldehydes is 2. The van der Waals surface area contributed by atoms with Crippen LogP contribution in [0, 0.1) is 0 Å². The highest BCUT2D eigenvalue weighted by atomic mass is 16.6. The minimum absolute atomic E-state index is 0.195. The first-order valence-corrected chi connectivity index (χ1v) is 9.87. The molecule has 0 aromatic heterocycles. The van der Waals surface area contributed by atoms with Gasteiger partial charge >= 0.3 is 0 Å². The van der Waals surface area contributed by atoms with Crippen molar-refractivity contribution < 1.29 is 28.9 Å². The number of benzene rings is 2. The fraction of sp³-hybridized carbons (Fsp3) is 0.391. The van der Waals surface area contributed by atoms with Crippen LogP contribution in [0.25, 0.3) is 0 Å². The van der Waals surface area contributed by atoms with E-state index in [1.165, 1.54) is 0 Å². The highest BCUT2D eigenvalue weighted by Gasteiger charge is 2.25. The van der Waals surface area contributed by atoms with Gasteiger partial charge in [0, 0.05) is 11.1 Å². The monoisotopic (exact) mass is 398 g/mol. The quantitative estimate of drug-likeness (QED) is 0.617. The molecule has 1 aliphatic carbocycles. The summed E-state index contributed by atoms with van der Waals surface area (Å²) in [5.41, 5.74) is 1.15. The van der Waals surface area contributed by atoms with E-state index in [9.17, 15) is 14.7 Å². The highest BCUT2D eigenvalue weighted by Crippen LogP contribution is 2.22. The van der Waals surface area contributed by atoms with Crippen LogP contribution in [0.1, 0.15) is 46.4 Å². The fourth-order valence-electron chi connectivity index (χ4n) is 3.27. The third kappa shape index (κ3) is 6.41. The van der Waals surface area contributed by atoms with E-state index < -0.39 is 12.2 Å². The molecule has 1 aliphatic rings. The van der Waals surface area contributed by atoms with E-state index in [4.69, 9.17) is 14.2 Å². The number of hydrogen-bond acceptors (Lipinski definition) is 6. The van der Waals surface area contributed by atoms with E-state index in [1.807, 2.05) is 0 Å². The molecule has 0 heterocycles. The maximum atomic E-state index is 10.8. The van der Waals surface area contributed by atoms with Gasteiger partial charge in [-0.1, -0.05) is 12.8 Å². The summed E-state index contributed by atoms with van der Waals surface area (Å²) in [5.74, 6) is 1.23. The number of ether oxygens (including phenoxy) is 3. The lowest BCUT2D eigenvalue weighted by molar-refractivity contribution is -0.0834. The molecule has 0 amide bonds. The average Bonchev–Trinajstić information content (AvgIpc) is 2.77. The van der Waals surface area contributed by atoms with Crippen LogP contribution in [0.3, 0.4) is 0 Å². The van der Waals surface area contributed by atoms with Crippen LogP contribution in [0.5, 0.6) is 11.5 Å². The Morgan fingerprint density at radius 1 is 0.862 bits per heavy atom. The van der Waals surface area contributed by atoms with Gasteiger partial charge in [-0.2, -0.15) is 0 Å². The molecule has 0 aliphatic heterocycles. The molecule has 1 fully saturated rings. The van der Waals surface area contributed by atoms with Gasteiger partial charge in [0.2, 0.25) is 0 Å². The summed E-state index contributed by atoms with van der Waals surface area (Å²) in [4.78, 5) is 21.6. The van der Waals surface area contributed by atoms with Crippen molar-refractivity contribution in [2.75, 3.05) is 13.2 Å². The van der Waals surface area contributed by atoms with Crippen molar-refractivity contribution in [2.24, 2.45) is 0 Å². The minimum Gasteiger partial charge on any atom is -0.490 e. The molecule has 1 N–H and O–H groups in total. The molecule has 6 heteroatoms. The smallest absolute Gasteiger partial charge is 0.156 e. The standard InChI is InChI=1S/C23H26O6/c24-13-17-5-9-19(10-6-17)27-15-21(16-28-23-4-2-1-3-22(23)26)29-20-11-7-18(14-25)8-12-20/h5-14,21-23,26H,1-4,15-16H2/t21?,22?,23-/m0/s1. The molecule has 2 unspecified atom stereocenters. The van der Waals surface area contributed by atoms with E-state index >= 15 is 0 Å². The third-order valence-corrected chi connectivity index (χ3v) is 4.93. The van der Waals surface area contributed by atoms with Crippen molar-refractivity contribution in [3.63, 3.8) is 0 Å². The molecular formula is C23H26O6. The van der Waals surface area contributed by atoms with E-state index in [0.717, 1.165) is 38.3 Å². The second kappa shape index (κ2) is 10.7. The lowest BCUT2D eigenvalue weighted by Gasteiger charge is -2.29. The van der Waals surface area contributed by atoms with Crippen molar-refractivity contribution in [1.82, 2.24) is 0 Å². The Bertz CT molecular complexity index is 771. The molecule has 2 aromatic rings. The SMILES string of the molecule is O=Cc1ccc(OCC(CO[C@H]2CCCCC2O)Oc2ccc(C=O)cc2)cc1. The first kappa shape index (κ1) is 21.0. The van der Waals surface area contributed by atoms with Gasteiger partial charge in [-0.05, 0) is 61.4 Å². The van der Waals surface area contributed by atoms with Crippen molar-refractivity contribution in [3.05, 3.63) is 59.7 Å². The molecule has 29 heavy (non-hydrogen) atoms. The van der Waals surface area contributed by atoms with Crippen LogP contribution >= 0.6 is 0 Å². The van der Waals surface area contributed by atoms with Crippen molar-refractivity contribution in [1.29, 1.82) is 0 Å². The Morgan fingerprint density at radius 2 is 1.45 bits per heavy atom. The Balaban J connectivity index is 1.61. The zero-order chi connectivity index (χ0) is 20.5. The van der Waals surface area contributed by atoms with E-state index in [-0.39, 0.29) is 19.3 Å². The largest absolute Gasteiger partial charge is 0.490 e. The molecule has 1 saturated carbocycles. The second-order valence-electron chi connectivity index (χ2n) is 7.15. The molecule has 2 aromatic carbocycles. The fourth-order valence-corrected chi connectivity index (χ4v) is 3.27. The summed E-state index contributed by atoms with van der Waals surface area (Å²) in [5, 5.41) is 10.1. The van der Waals surface area contributed by atoms with Gasteiger partial charge in [0.1, 0.15) is 30.7 Å². The maximum absolute atomic E-state index is 10.8. The van der Waals surface area contributed by atoms with Crippen molar-refractivity contribution in [3.8, 4) is 11.5 Å². The Morgan fingerprint density at radius 3 is 2.03 bits per heavy atom. The zero-order valence-corrected chi connectivity index (χ0v) is 16.2. The number of aliphatic hydroxyl groups is 1. The summed E-state index contributed by atoms with van der Waals surface area (Å²) in [7, 11) is 0. The topological polar surface area (TPSA) is 82.1 Å². The summed E-state index contributed by atoms with van der Waals surface area (Å²) in [6.45, 7) is 0.502. The number of carbonyl (C=O) groups excluding carboxylic acids is 2. The van der Waals surface area contributed by atoms with Gasteiger partial charge in [0.25, 0.3) is 0 Å². The lowest BCUT2D eigenvalue weighted by Crippen LogP contribution is -2.37. The van der Waals surface area contributed by atoms with Crippen LogP contribution in [0.2, 0.25) is 0 Å². The lowest BCUT2D eigenvalue weighted by atomic mass is 9.95. The minimum atomic E-state index is -0.451. The van der Waals surface area contributed by atoms with Crippen molar-refractivity contribution >= 4 is 12.6 Å². The maximum Gasteiger partial charge on any atom is 0.156 e. The van der Waals surface area contributed by atoms with E-state index in [2.05, 4.69) is 0 Å². The molecule has 0 saturated heterocycles. The Hall–Kier alpha value is -2.70. The van der Waals surface area contributed by atoms with Crippen LogP contribution < -0.4 is 9.47 Å². The molecular weight excluding hydrogens is 372 g/mol. The number of aliphatic hydroxyl groups excluding tert-OH is 1. The third-order valence-electron chi connectivity index (χ3n) is 4.93. The van der Waals surface area contributed by atoms with Gasteiger partial charge in [-0.3, -0.25) is 9.59 Å². The van der Waals surface area contributed by atoms with Gasteiger partial charge in [0.05, 0.1) is 18.8 Å². The van der Waals surface area contributed by atoms with Crippen LogP contribution in [0.15, 0.2) is 48.5 Å². The predicted octanol–water partition coefficient (Wildman–Crippen LogP) is 3.46. The van der Waals surface area contributed by atoms with Crippen LogP contribution in [-0.4, -0.2) is 49.2 Å². The Labute approximate surface area is 170 Å². The van der Waals surface area contributed by atoms with Crippen LogP contribution in [0.4, 0.5) is 0 Å². The number of hydrogen-bond donors (Lipinski definition) is 1. The summed E-state index contributed by atoms with van der Waals surface area (Å²) >= 11 is 0. The molecule has 0 radical (unpaired) electrons. The molecule has 0 bridgehead atoms. The van der Waals surface area contributed by atoms with Crippen LogP contribution in [-0.2, 0) is 4.74 Å². The molecule has 6 nitrogen and oxygen atoms in total. The Kier molecular flexibility index (Phi) is 7.78. The average molecular weight is 398 g/mol. The summed E-state index contributed by atoms with van der Waals surface area (Å²) < 4.78 is 17.8. The first-order chi connectivity index (χ1) is 14.2.